The van der Waals surface area contributed by atoms with E-state index in [0.717, 1.165) is 6.07 Å². The molecule has 1 aromatic carbocycles. The van der Waals surface area contributed by atoms with Crippen molar-refractivity contribution in [2.24, 2.45) is 0 Å². The highest BCUT2D eigenvalue weighted by atomic mass is 19.1. The zero-order valence-electron chi connectivity index (χ0n) is 8.73. The SMILES string of the molecule is CC(=O)Oc1cc(F)ccc1OCC1CO1. The Labute approximate surface area is 91.9 Å². The fraction of sp³-hybridized carbons (Fsp3) is 0.364. The lowest BCUT2D eigenvalue weighted by atomic mass is 10.3. The average Bonchev–Trinajstić information content (AvgIpc) is 2.99. The normalized spacial score (nSPS) is 18.0. The number of rotatable bonds is 4. The summed E-state index contributed by atoms with van der Waals surface area (Å²) in [6.07, 6.45) is 0.0928. The Hall–Kier alpha value is -1.62. The van der Waals surface area contributed by atoms with Crippen molar-refractivity contribution < 1.29 is 23.4 Å². The minimum atomic E-state index is -0.516. The first kappa shape index (κ1) is 10.9. The molecule has 1 aliphatic heterocycles. The first-order valence-corrected chi connectivity index (χ1v) is 4.87. The minimum absolute atomic E-state index is 0.0909. The molecule has 0 amide bonds. The van der Waals surface area contributed by atoms with Gasteiger partial charge in [-0.15, -0.1) is 0 Å². The molecule has 5 heteroatoms. The number of hydrogen-bond acceptors (Lipinski definition) is 4. The molecule has 1 aromatic rings. The highest BCUT2D eigenvalue weighted by Crippen LogP contribution is 2.28. The van der Waals surface area contributed by atoms with Crippen LogP contribution in [0.15, 0.2) is 18.2 Å². The Kier molecular flexibility index (Phi) is 3.05. The summed E-state index contributed by atoms with van der Waals surface area (Å²) in [5, 5.41) is 0. The number of ether oxygens (including phenoxy) is 3. The van der Waals surface area contributed by atoms with Crippen molar-refractivity contribution in [1.82, 2.24) is 0 Å². The molecule has 0 spiro atoms. The number of esters is 1. The second-order valence-electron chi connectivity index (χ2n) is 3.45. The maximum atomic E-state index is 12.9. The van der Waals surface area contributed by atoms with Crippen molar-refractivity contribution >= 4 is 5.97 Å². The smallest absolute Gasteiger partial charge is 0.308 e. The van der Waals surface area contributed by atoms with Crippen LogP contribution in [0.3, 0.4) is 0 Å². The summed E-state index contributed by atoms with van der Waals surface area (Å²) in [5.74, 6) is -0.565. The molecule has 0 N–H and O–H groups in total. The van der Waals surface area contributed by atoms with Crippen molar-refractivity contribution in [2.75, 3.05) is 13.2 Å². The van der Waals surface area contributed by atoms with Gasteiger partial charge in [-0.05, 0) is 12.1 Å². The van der Waals surface area contributed by atoms with Crippen LogP contribution in [0.4, 0.5) is 4.39 Å². The van der Waals surface area contributed by atoms with E-state index in [2.05, 4.69) is 0 Å². The molecule has 1 fully saturated rings. The van der Waals surface area contributed by atoms with Gasteiger partial charge in [0.2, 0.25) is 0 Å². The molecule has 2 rings (SSSR count). The molecule has 4 nitrogen and oxygen atoms in total. The van der Waals surface area contributed by atoms with Gasteiger partial charge in [-0.1, -0.05) is 0 Å². The molecule has 0 saturated carbocycles. The van der Waals surface area contributed by atoms with E-state index in [4.69, 9.17) is 14.2 Å². The van der Waals surface area contributed by atoms with E-state index in [-0.39, 0.29) is 11.9 Å². The third-order valence-corrected chi connectivity index (χ3v) is 1.99. The molecule has 1 unspecified atom stereocenters. The number of carbonyl (C=O) groups is 1. The lowest BCUT2D eigenvalue weighted by molar-refractivity contribution is -0.132. The summed E-state index contributed by atoms with van der Waals surface area (Å²) < 4.78 is 28.1. The van der Waals surface area contributed by atoms with Gasteiger partial charge in [0.05, 0.1) is 6.61 Å². The molecule has 1 heterocycles. The fourth-order valence-electron chi connectivity index (χ4n) is 1.18. The van der Waals surface area contributed by atoms with Crippen LogP contribution in [0, 0.1) is 5.82 Å². The quantitative estimate of drug-likeness (QED) is 0.443. The molecule has 0 bridgehead atoms. The number of epoxide rings is 1. The zero-order valence-corrected chi connectivity index (χ0v) is 8.73. The first-order valence-electron chi connectivity index (χ1n) is 4.87. The Morgan fingerprint density at radius 3 is 2.94 bits per heavy atom. The van der Waals surface area contributed by atoms with E-state index in [1.54, 1.807) is 0 Å². The second kappa shape index (κ2) is 4.49. The van der Waals surface area contributed by atoms with E-state index in [0.29, 0.717) is 19.0 Å². The van der Waals surface area contributed by atoms with Crippen LogP contribution in [0.2, 0.25) is 0 Å². The second-order valence-corrected chi connectivity index (χ2v) is 3.45. The highest BCUT2D eigenvalue weighted by molar-refractivity contribution is 5.70. The molecule has 0 aliphatic carbocycles. The van der Waals surface area contributed by atoms with Gasteiger partial charge < -0.3 is 14.2 Å². The topological polar surface area (TPSA) is 48.1 Å². The Balaban J connectivity index is 2.09. The molecule has 1 aliphatic rings. The predicted octanol–water partition coefficient (Wildman–Crippen LogP) is 1.53. The molecular weight excluding hydrogens is 215 g/mol. The molecule has 0 radical (unpaired) electrons. The maximum Gasteiger partial charge on any atom is 0.308 e. The summed E-state index contributed by atoms with van der Waals surface area (Å²) in [7, 11) is 0. The van der Waals surface area contributed by atoms with Gasteiger partial charge in [-0.25, -0.2) is 4.39 Å². The van der Waals surface area contributed by atoms with E-state index in [9.17, 15) is 9.18 Å². The fourth-order valence-corrected chi connectivity index (χ4v) is 1.18. The van der Waals surface area contributed by atoms with Crippen LogP contribution in [0.1, 0.15) is 6.92 Å². The average molecular weight is 226 g/mol. The van der Waals surface area contributed by atoms with Gasteiger partial charge in [0.15, 0.2) is 11.5 Å². The highest BCUT2D eigenvalue weighted by Gasteiger charge is 2.23. The summed E-state index contributed by atoms with van der Waals surface area (Å²) in [5.41, 5.74) is 0. The third-order valence-electron chi connectivity index (χ3n) is 1.99. The first-order chi connectivity index (χ1) is 7.65. The molecule has 86 valence electrons. The van der Waals surface area contributed by atoms with Crippen molar-refractivity contribution in [3.63, 3.8) is 0 Å². The standard InChI is InChI=1S/C11H11FO4/c1-7(13)16-11-4-8(12)2-3-10(11)15-6-9-5-14-9/h2-4,9H,5-6H2,1H3. The van der Waals surface area contributed by atoms with Crippen molar-refractivity contribution in [3.8, 4) is 11.5 Å². The molecule has 1 atom stereocenters. The van der Waals surface area contributed by atoms with Gasteiger partial charge in [-0.3, -0.25) is 4.79 Å². The lowest BCUT2D eigenvalue weighted by Gasteiger charge is -2.09. The summed E-state index contributed by atoms with van der Waals surface area (Å²) in [4.78, 5) is 10.8. The van der Waals surface area contributed by atoms with Gasteiger partial charge in [0.25, 0.3) is 0 Å². The number of carbonyl (C=O) groups excluding carboxylic acids is 1. The number of halogens is 1. The lowest BCUT2D eigenvalue weighted by Crippen LogP contribution is -2.08. The summed E-state index contributed by atoms with van der Waals surface area (Å²) in [6, 6.07) is 3.79. The Bertz CT molecular complexity index is 401. The maximum absolute atomic E-state index is 12.9. The van der Waals surface area contributed by atoms with Gasteiger partial charge in [0, 0.05) is 13.0 Å². The summed E-state index contributed by atoms with van der Waals surface area (Å²) in [6.45, 7) is 2.29. The molecule has 1 saturated heterocycles. The van der Waals surface area contributed by atoms with Crippen molar-refractivity contribution in [3.05, 3.63) is 24.0 Å². The van der Waals surface area contributed by atoms with Crippen LogP contribution >= 0.6 is 0 Å². The monoisotopic (exact) mass is 226 g/mol. The van der Waals surface area contributed by atoms with Crippen LogP contribution in [0.5, 0.6) is 11.5 Å². The van der Waals surface area contributed by atoms with Crippen LogP contribution in [0.25, 0.3) is 0 Å². The third kappa shape index (κ3) is 2.93. The van der Waals surface area contributed by atoms with Gasteiger partial charge >= 0.3 is 5.97 Å². The Morgan fingerprint density at radius 2 is 2.31 bits per heavy atom. The largest absolute Gasteiger partial charge is 0.487 e. The predicted molar refractivity (Wildman–Crippen MR) is 52.9 cm³/mol. The van der Waals surface area contributed by atoms with Crippen molar-refractivity contribution in [1.29, 1.82) is 0 Å². The molecular formula is C11H11FO4. The Morgan fingerprint density at radius 1 is 1.56 bits per heavy atom. The number of hydrogen-bond donors (Lipinski definition) is 0. The van der Waals surface area contributed by atoms with Gasteiger partial charge in [-0.2, -0.15) is 0 Å². The van der Waals surface area contributed by atoms with Crippen LogP contribution in [-0.4, -0.2) is 25.3 Å². The van der Waals surface area contributed by atoms with E-state index >= 15 is 0 Å². The van der Waals surface area contributed by atoms with Gasteiger partial charge in [0.1, 0.15) is 18.5 Å². The zero-order chi connectivity index (χ0) is 11.5. The van der Waals surface area contributed by atoms with E-state index in [1.165, 1.54) is 19.1 Å². The molecule has 16 heavy (non-hydrogen) atoms. The van der Waals surface area contributed by atoms with Crippen LogP contribution < -0.4 is 9.47 Å². The summed E-state index contributed by atoms with van der Waals surface area (Å²) >= 11 is 0. The number of benzene rings is 1. The van der Waals surface area contributed by atoms with Crippen molar-refractivity contribution in [2.45, 2.75) is 13.0 Å². The van der Waals surface area contributed by atoms with Crippen LogP contribution in [-0.2, 0) is 9.53 Å². The van der Waals surface area contributed by atoms with E-state index < -0.39 is 11.8 Å². The van der Waals surface area contributed by atoms with E-state index in [1.807, 2.05) is 0 Å². The minimum Gasteiger partial charge on any atom is -0.487 e. The molecule has 0 aromatic heterocycles.